The summed E-state index contributed by atoms with van der Waals surface area (Å²) in [6, 6.07) is -0.184. The van der Waals surface area contributed by atoms with Crippen LogP contribution in [0.3, 0.4) is 0 Å². The molecule has 1 amide bonds. The number of carbonyl (C=O) groups excluding carboxylic acids is 1. The molecule has 0 radical (unpaired) electrons. The first kappa shape index (κ1) is 14.6. The number of aliphatic hydroxyl groups excluding tert-OH is 1. The van der Waals surface area contributed by atoms with Gasteiger partial charge in [0, 0.05) is 0 Å². The molecule has 19 heavy (non-hydrogen) atoms. The summed E-state index contributed by atoms with van der Waals surface area (Å²) >= 11 is 0. The second-order valence-corrected chi connectivity index (χ2v) is 6.68. The fraction of sp³-hybridized carbons (Fsp3) is 0.923. The molecular formula is C13H23NO5. The van der Waals surface area contributed by atoms with E-state index in [1.807, 2.05) is 20.8 Å². The van der Waals surface area contributed by atoms with Crippen LogP contribution in [-0.2, 0) is 14.2 Å². The van der Waals surface area contributed by atoms with Gasteiger partial charge in [-0.15, -0.1) is 0 Å². The Morgan fingerprint density at radius 1 is 1.26 bits per heavy atom. The number of ether oxygens (including phenoxy) is 3. The molecule has 2 saturated heterocycles. The minimum atomic E-state index is -0.782. The quantitative estimate of drug-likeness (QED) is 0.785. The topological polar surface area (TPSA) is 77.0 Å². The van der Waals surface area contributed by atoms with Crippen molar-refractivity contribution in [3.05, 3.63) is 0 Å². The van der Waals surface area contributed by atoms with Gasteiger partial charge in [-0.2, -0.15) is 0 Å². The van der Waals surface area contributed by atoms with E-state index in [1.54, 1.807) is 13.8 Å². The van der Waals surface area contributed by atoms with E-state index in [0.717, 1.165) is 0 Å². The van der Waals surface area contributed by atoms with Crippen LogP contribution >= 0.6 is 0 Å². The minimum Gasteiger partial charge on any atom is -0.441 e. The molecule has 0 saturated carbocycles. The average molecular weight is 273 g/mol. The van der Waals surface area contributed by atoms with E-state index in [1.165, 1.54) is 0 Å². The standard InChI is InChI=1S/C13H23NO5/c1-12(2,3)10-9(17-11(16)14-10)8-7(6-15)18-13(4,5)19-8/h7-10,15H,6H2,1-5H3,(H,14,16)/t7-,8+,9+,10-/m0/s1. The van der Waals surface area contributed by atoms with E-state index in [9.17, 15) is 9.90 Å². The number of alkyl carbamates (subject to hydrolysis) is 1. The zero-order chi connectivity index (χ0) is 14.4. The lowest BCUT2D eigenvalue weighted by atomic mass is 9.81. The third-order valence-corrected chi connectivity index (χ3v) is 3.50. The molecule has 2 rings (SSSR count). The number of rotatable bonds is 2. The summed E-state index contributed by atoms with van der Waals surface area (Å²) in [6.07, 6.45) is -1.87. The maximum absolute atomic E-state index is 11.5. The minimum absolute atomic E-state index is 0.168. The molecule has 110 valence electrons. The van der Waals surface area contributed by atoms with E-state index in [2.05, 4.69) is 5.32 Å². The van der Waals surface area contributed by atoms with Crippen molar-refractivity contribution in [1.29, 1.82) is 0 Å². The average Bonchev–Trinajstić information content (AvgIpc) is 2.77. The van der Waals surface area contributed by atoms with Gasteiger partial charge in [0.25, 0.3) is 0 Å². The maximum Gasteiger partial charge on any atom is 0.407 e. The molecule has 0 aromatic carbocycles. The molecule has 4 atom stereocenters. The van der Waals surface area contributed by atoms with Crippen molar-refractivity contribution >= 4 is 6.09 Å². The van der Waals surface area contributed by atoms with Crippen LogP contribution in [0.15, 0.2) is 0 Å². The molecule has 2 aliphatic rings. The van der Waals surface area contributed by atoms with Gasteiger partial charge in [0.05, 0.1) is 12.6 Å². The van der Waals surface area contributed by atoms with Gasteiger partial charge in [0.15, 0.2) is 11.9 Å². The summed E-state index contributed by atoms with van der Waals surface area (Å²) in [6.45, 7) is 9.47. The first-order valence-electron chi connectivity index (χ1n) is 6.58. The predicted octanol–water partition coefficient (Wildman–Crippen LogP) is 1.02. The van der Waals surface area contributed by atoms with E-state index in [-0.39, 0.29) is 18.1 Å². The van der Waals surface area contributed by atoms with E-state index >= 15 is 0 Å². The van der Waals surface area contributed by atoms with Gasteiger partial charge in [0.1, 0.15) is 12.2 Å². The van der Waals surface area contributed by atoms with Gasteiger partial charge < -0.3 is 24.6 Å². The normalized spacial score (nSPS) is 38.1. The highest BCUT2D eigenvalue weighted by molar-refractivity contribution is 5.70. The smallest absolute Gasteiger partial charge is 0.407 e. The maximum atomic E-state index is 11.5. The third-order valence-electron chi connectivity index (χ3n) is 3.50. The fourth-order valence-electron chi connectivity index (χ4n) is 2.68. The summed E-state index contributed by atoms with van der Waals surface area (Å²) in [5.41, 5.74) is -0.174. The number of hydrogen-bond acceptors (Lipinski definition) is 5. The number of nitrogens with one attached hydrogen (secondary N) is 1. The largest absolute Gasteiger partial charge is 0.441 e. The Balaban J connectivity index is 2.22. The Bertz CT molecular complexity index is 363. The number of carbonyl (C=O) groups is 1. The van der Waals surface area contributed by atoms with Crippen molar-refractivity contribution in [3.63, 3.8) is 0 Å². The highest BCUT2D eigenvalue weighted by Gasteiger charge is 2.53. The Morgan fingerprint density at radius 3 is 2.42 bits per heavy atom. The number of cyclic esters (lactones) is 1. The van der Waals surface area contributed by atoms with Gasteiger partial charge >= 0.3 is 6.09 Å². The SMILES string of the molecule is CC1(C)O[C@@H]([C@H]2OC(=O)N[C@@H]2C(C)(C)C)[C@H](CO)O1. The molecule has 0 aromatic rings. The predicted molar refractivity (Wildman–Crippen MR) is 67.6 cm³/mol. The Morgan fingerprint density at radius 2 is 1.89 bits per heavy atom. The lowest BCUT2D eigenvalue weighted by Crippen LogP contribution is -2.50. The molecular weight excluding hydrogens is 250 g/mol. The van der Waals surface area contributed by atoms with Crippen LogP contribution in [0.2, 0.25) is 0 Å². The summed E-state index contributed by atoms with van der Waals surface area (Å²) in [5, 5.41) is 12.2. The molecule has 2 N–H and O–H groups in total. The van der Waals surface area contributed by atoms with Crippen molar-refractivity contribution in [3.8, 4) is 0 Å². The van der Waals surface area contributed by atoms with Gasteiger partial charge in [-0.1, -0.05) is 20.8 Å². The van der Waals surface area contributed by atoms with Crippen LogP contribution in [-0.4, -0.2) is 47.9 Å². The Hall–Kier alpha value is -0.850. The van der Waals surface area contributed by atoms with Crippen LogP contribution in [0.25, 0.3) is 0 Å². The zero-order valence-electron chi connectivity index (χ0n) is 12.1. The molecule has 6 heteroatoms. The highest BCUT2D eigenvalue weighted by Crippen LogP contribution is 2.37. The Labute approximate surface area is 113 Å². The summed E-state index contributed by atoms with van der Waals surface area (Å²) < 4.78 is 16.8. The molecule has 0 spiro atoms. The molecule has 2 aliphatic heterocycles. The molecule has 0 aliphatic carbocycles. The van der Waals surface area contributed by atoms with Gasteiger partial charge in [-0.3, -0.25) is 0 Å². The molecule has 2 heterocycles. The van der Waals surface area contributed by atoms with Gasteiger partial charge in [0.2, 0.25) is 0 Å². The van der Waals surface area contributed by atoms with Gasteiger partial charge in [-0.25, -0.2) is 4.79 Å². The van der Waals surface area contributed by atoms with Crippen molar-refractivity contribution in [2.24, 2.45) is 5.41 Å². The van der Waals surface area contributed by atoms with E-state index in [4.69, 9.17) is 14.2 Å². The van der Waals surface area contributed by atoms with Crippen LogP contribution < -0.4 is 5.32 Å². The van der Waals surface area contributed by atoms with Crippen LogP contribution in [0.1, 0.15) is 34.6 Å². The second kappa shape index (κ2) is 4.61. The second-order valence-electron chi connectivity index (χ2n) is 6.68. The van der Waals surface area contributed by atoms with Crippen molar-refractivity contribution in [2.75, 3.05) is 6.61 Å². The van der Waals surface area contributed by atoms with Crippen molar-refractivity contribution in [1.82, 2.24) is 5.32 Å². The first-order valence-corrected chi connectivity index (χ1v) is 6.58. The Kier molecular flexibility index (Phi) is 3.53. The van der Waals surface area contributed by atoms with Crippen LogP contribution in [0, 0.1) is 5.41 Å². The monoisotopic (exact) mass is 273 g/mol. The molecule has 0 aromatic heterocycles. The summed E-state index contributed by atoms with van der Waals surface area (Å²) in [5.74, 6) is -0.782. The van der Waals surface area contributed by atoms with Crippen molar-refractivity contribution in [2.45, 2.75) is 64.8 Å². The lowest BCUT2D eigenvalue weighted by molar-refractivity contribution is -0.157. The summed E-state index contributed by atoms with van der Waals surface area (Å²) in [4.78, 5) is 11.5. The number of amides is 1. The zero-order valence-corrected chi connectivity index (χ0v) is 12.1. The summed E-state index contributed by atoms with van der Waals surface area (Å²) in [7, 11) is 0. The lowest BCUT2D eigenvalue weighted by Gasteiger charge is -2.33. The van der Waals surface area contributed by atoms with Crippen LogP contribution in [0.5, 0.6) is 0 Å². The molecule has 0 bridgehead atoms. The number of hydrogen-bond donors (Lipinski definition) is 2. The van der Waals surface area contributed by atoms with E-state index in [0.29, 0.717) is 0 Å². The fourth-order valence-corrected chi connectivity index (χ4v) is 2.68. The van der Waals surface area contributed by atoms with Gasteiger partial charge in [-0.05, 0) is 19.3 Å². The highest BCUT2D eigenvalue weighted by atomic mass is 16.8. The van der Waals surface area contributed by atoms with Crippen LogP contribution in [0.4, 0.5) is 4.79 Å². The van der Waals surface area contributed by atoms with Crippen molar-refractivity contribution < 1.29 is 24.1 Å². The molecule has 0 unspecified atom stereocenters. The number of aliphatic hydroxyl groups is 1. The first-order chi connectivity index (χ1) is 8.64. The molecule has 2 fully saturated rings. The van der Waals surface area contributed by atoms with E-state index < -0.39 is 30.2 Å². The molecule has 6 nitrogen and oxygen atoms in total. The third kappa shape index (κ3) is 2.85.